The number of carbonyl (C=O) groups is 1. The minimum atomic E-state index is -0.293. The molecule has 2 aromatic carbocycles. The Kier molecular flexibility index (Phi) is 5.87. The second-order valence-electron chi connectivity index (χ2n) is 6.21. The molecular weight excluding hydrogens is 376 g/mol. The van der Waals surface area contributed by atoms with E-state index in [1.165, 1.54) is 11.8 Å². The van der Waals surface area contributed by atoms with Gasteiger partial charge in [-0.15, -0.1) is 11.3 Å². The minimum absolute atomic E-state index is 0.131. The zero-order chi connectivity index (χ0) is 18.5. The van der Waals surface area contributed by atoms with Crippen molar-refractivity contribution >= 4 is 29.0 Å². The highest BCUT2D eigenvalue weighted by atomic mass is 32.2. The van der Waals surface area contributed by atoms with Crippen LogP contribution < -0.4 is 0 Å². The van der Waals surface area contributed by atoms with Gasteiger partial charge in [0.1, 0.15) is 5.25 Å². The fraction of sp³-hybridized carbons (Fsp3) is 0.238. The average Bonchev–Trinajstić information content (AvgIpc) is 3.22. The lowest BCUT2D eigenvalue weighted by atomic mass is 10.1. The molecule has 1 aliphatic heterocycles. The second kappa shape index (κ2) is 8.69. The van der Waals surface area contributed by atoms with Crippen LogP contribution >= 0.6 is 23.1 Å². The molecule has 1 atom stereocenters. The number of nitrogens with zero attached hydrogens (tertiary/aromatic N) is 2. The van der Waals surface area contributed by atoms with Gasteiger partial charge in [0, 0.05) is 24.0 Å². The van der Waals surface area contributed by atoms with E-state index in [0.717, 1.165) is 21.2 Å². The Morgan fingerprint density at radius 1 is 1.04 bits per heavy atom. The summed E-state index contributed by atoms with van der Waals surface area (Å²) < 4.78 is 6.30. The highest BCUT2D eigenvalue weighted by Gasteiger charge is 2.29. The Morgan fingerprint density at radius 2 is 1.70 bits per heavy atom. The van der Waals surface area contributed by atoms with E-state index >= 15 is 0 Å². The number of amides is 1. The van der Waals surface area contributed by atoms with Gasteiger partial charge in [-0.1, -0.05) is 72.4 Å². The summed E-state index contributed by atoms with van der Waals surface area (Å²) in [7, 11) is 0. The molecule has 138 valence electrons. The summed E-state index contributed by atoms with van der Waals surface area (Å²) in [5, 5.41) is 1.76. The zero-order valence-corrected chi connectivity index (χ0v) is 16.4. The van der Waals surface area contributed by atoms with Crippen LogP contribution in [0.3, 0.4) is 0 Å². The lowest BCUT2D eigenvalue weighted by Crippen LogP contribution is -2.42. The normalized spacial score (nSPS) is 15.5. The minimum Gasteiger partial charge on any atom is -0.378 e. The number of ether oxygens (including phenoxy) is 1. The molecule has 4 rings (SSSR count). The third-order valence-corrected chi connectivity index (χ3v) is 6.63. The van der Waals surface area contributed by atoms with Gasteiger partial charge in [0.2, 0.25) is 5.91 Å². The van der Waals surface area contributed by atoms with Crippen molar-refractivity contribution < 1.29 is 9.53 Å². The van der Waals surface area contributed by atoms with Crippen LogP contribution in [0.15, 0.2) is 70.4 Å². The molecule has 4 nitrogen and oxygen atoms in total. The SMILES string of the molecule is O=C([C@H](Sc1nc(-c2ccccc2)cs1)c1ccccc1)N1CCOCC1. The first kappa shape index (κ1) is 18.2. The van der Waals surface area contributed by atoms with Crippen molar-refractivity contribution in [3.05, 3.63) is 71.6 Å². The molecule has 6 heteroatoms. The topological polar surface area (TPSA) is 42.4 Å². The molecule has 1 saturated heterocycles. The fourth-order valence-corrected chi connectivity index (χ4v) is 5.10. The van der Waals surface area contributed by atoms with Gasteiger partial charge < -0.3 is 9.64 Å². The molecule has 0 N–H and O–H groups in total. The highest BCUT2D eigenvalue weighted by Crippen LogP contribution is 2.39. The summed E-state index contributed by atoms with van der Waals surface area (Å²) in [5.41, 5.74) is 3.06. The van der Waals surface area contributed by atoms with Crippen molar-refractivity contribution in [3.8, 4) is 11.3 Å². The van der Waals surface area contributed by atoms with E-state index in [1.807, 2.05) is 53.4 Å². The molecule has 0 spiro atoms. The second-order valence-corrected chi connectivity index (χ2v) is 8.42. The number of rotatable bonds is 5. The van der Waals surface area contributed by atoms with E-state index in [9.17, 15) is 4.79 Å². The van der Waals surface area contributed by atoms with Crippen molar-refractivity contribution in [2.75, 3.05) is 26.3 Å². The molecular formula is C21H20N2O2S2. The summed E-state index contributed by atoms with van der Waals surface area (Å²) in [5.74, 6) is 0.131. The summed E-state index contributed by atoms with van der Waals surface area (Å²) in [6.45, 7) is 2.51. The molecule has 0 saturated carbocycles. The molecule has 1 fully saturated rings. The monoisotopic (exact) mass is 396 g/mol. The molecule has 1 aliphatic rings. The van der Waals surface area contributed by atoms with Gasteiger partial charge in [0.05, 0.1) is 18.9 Å². The average molecular weight is 397 g/mol. The quantitative estimate of drug-likeness (QED) is 0.596. The van der Waals surface area contributed by atoms with Gasteiger partial charge in [-0.3, -0.25) is 4.79 Å². The molecule has 0 radical (unpaired) electrons. The first-order valence-corrected chi connectivity index (χ1v) is 10.7. The Bertz CT molecular complexity index is 877. The maximum Gasteiger partial charge on any atom is 0.240 e. The van der Waals surface area contributed by atoms with Crippen molar-refractivity contribution in [1.29, 1.82) is 0 Å². The van der Waals surface area contributed by atoms with Crippen LogP contribution in [0.4, 0.5) is 0 Å². The summed E-state index contributed by atoms with van der Waals surface area (Å²) in [4.78, 5) is 19.9. The number of carbonyl (C=O) groups excluding carboxylic acids is 1. The van der Waals surface area contributed by atoms with Crippen LogP contribution in [0.1, 0.15) is 10.8 Å². The lowest BCUT2D eigenvalue weighted by molar-refractivity contribution is -0.134. The standard InChI is InChI=1S/C21H20N2O2S2/c24-20(23-11-13-25-14-12-23)19(17-9-5-2-6-10-17)27-21-22-18(15-26-21)16-7-3-1-4-8-16/h1-10,15,19H,11-14H2/t19-/m1/s1. The third-order valence-electron chi connectivity index (χ3n) is 4.42. The van der Waals surface area contributed by atoms with Crippen LogP contribution in [-0.2, 0) is 9.53 Å². The van der Waals surface area contributed by atoms with Crippen LogP contribution in [0.2, 0.25) is 0 Å². The first-order chi connectivity index (χ1) is 13.3. The zero-order valence-electron chi connectivity index (χ0n) is 14.8. The van der Waals surface area contributed by atoms with Gasteiger partial charge in [-0.05, 0) is 5.56 Å². The number of aromatic nitrogens is 1. The Labute approximate surface area is 167 Å². The Balaban J connectivity index is 1.58. The summed E-state index contributed by atoms with van der Waals surface area (Å²) >= 11 is 3.12. The number of thiazole rings is 1. The maximum atomic E-state index is 13.2. The predicted octanol–water partition coefficient (Wildman–Crippen LogP) is 4.50. The maximum absolute atomic E-state index is 13.2. The van der Waals surface area contributed by atoms with Crippen LogP contribution in [0.5, 0.6) is 0 Å². The van der Waals surface area contributed by atoms with Crippen molar-refractivity contribution in [2.45, 2.75) is 9.59 Å². The van der Waals surface area contributed by atoms with Crippen LogP contribution in [-0.4, -0.2) is 42.1 Å². The van der Waals surface area contributed by atoms with Gasteiger partial charge in [-0.2, -0.15) is 0 Å². The lowest BCUT2D eigenvalue weighted by Gasteiger charge is -2.30. The van der Waals surface area contributed by atoms with Gasteiger partial charge >= 0.3 is 0 Å². The van der Waals surface area contributed by atoms with E-state index < -0.39 is 0 Å². The molecule has 1 aromatic heterocycles. The van der Waals surface area contributed by atoms with Crippen molar-refractivity contribution in [3.63, 3.8) is 0 Å². The summed E-state index contributed by atoms with van der Waals surface area (Å²) in [6.07, 6.45) is 0. The summed E-state index contributed by atoms with van der Waals surface area (Å²) in [6, 6.07) is 20.1. The molecule has 3 aromatic rings. The fourth-order valence-electron chi connectivity index (χ4n) is 2.99. The van der Waals surface area contributed by atoms with Crippen molar-refractivity contribution in [1.82, 2.24) is 9.88 Å². The number of morpholine rings is 1. The van der Waals surface area contributed by atoms with Crippen molar-refractivity contribution in [2.24, 2.45) is 0 Å². The van der Waals surface area contributed by atoms with E-state index in [0.29, 0.717) is 26.3 Å². The Hall–Kier alpha value is -2.15. The van der Waals surface area contributed by atoms with Gasteiger partial charge in [-0.25, -0.2) is 4.98 Å². The predicted molar refractivity (Wildman–Crippen MR) is 110 cm³/mol. The Morgan fingerprint density at radius 3 is 2.41 bits per heavy atom. The van der Waals surface area contributed by atoms with E-state index in [4.69, 9.17) is 9.72 Å². The van der Waals surface area contributed by atoms with E-state index in [-0.39, 0.29) is 11.2 Å². The number of thioether (sulfide) groups is 1. The number of hydrogen-bond donors (Lipinski definition) is 0. The molecule has 1 amide bonds. The number of hydrogen-bond acceptors (Lipinski definition) is 5. The van der Waals surface area contributed by atoms with Gasteiger partial charge in [0.25, 0.3) is 0 Å². The van der Waals surface area contributed by atoms with E-state index in [2.05, 4.69) is 17.5 Å². The molecule has 0 aliphatic carbocycles. The first-order valence-electron chi connectivity index (χ1n) is 8.90. The molecule has 27 heavy (non-hydrogen) atoms. The van der Waals surface area contributed by atoms with E-state index in [1.54, 1.807) is 11.3 Å². The highest BCUT2D eigenvalue weighted by molar-refractivity contribution is 8.01. The number of benzene rings is 2. The molecule has 2 heterocycles. The smallest absolute Gasteiger partial charge is 0.240 e. The van der Waals surface area contributed by atoms with Gasteiger partial charge in [0.15, 0.2) is 4.34 Å². The third kappa shape index (κ3) is 4.40. The molecule has 0 bridgehead atoms. The van der Waals surface area contributed by atoms with Crippen LogP contribution in [0.25, 0.3) is 11.3 Å². The molecule has 0 unspecified atom stereocenters. The van der Waals surface area contributed by atoms with Crippen LogP contribution in [0, 0.1) is 0 Å². The largest absolute Gasteiger partial charge is 0.378 e.